The molecule has 0 saturated heterocycles. The fourth-order valence-electron chi connectivity index (χ4n) is 0. The van der Waals surface area contributed by atoms with Gasteiger partial charge in [-0.25, -0.2) is 0 Å². The van der Waals surface area contributed by atoms with Crippen LogP contribution in [0.3, 0.4) is 0 Å². The van der Waals surface area contributed by atoms with Crippen LogP contribution in [0.15, 0.2) is 0 Å². The Hall–Kier alpha value is -0.483. The second kappa shape index (κ2) is 15.8. The van der Waals surface area contributed by atoms with Gasteiger partial charge in [0.05, 0.1) is 10.2 Å². The van der Waals surface area contributed by atoms with Crippen LogP contribution in [0, 0.1) is 30.6 Å². The number of nitrogens with zero attached hydrogens (tertiary/aromatic N) is 2. The van der Waals surface area contributed by atoms with Gasteiger partial charge in [0.15, 0.2) is 0 Å². The van der Waals surface area contributed by atoms with Crippen LogP contribution < -0.4 is 0 Å². The van der Waals surface area contributed by atoms with E-state index < -0.39 is 10.2 Å². The van der Waals surface area contributed by atoms with Gasteiger partial charge in [0, 0.05) is 19.5 Å². The summed E-state index contributed by atoms with van der Waals surface area (Å²) in [7, 11) is 0. The summed E-state index contributed by atoms with van der Waals surface area (Å²) in [6.45, 7) is 0. The van der Waals surface area contributed by atoms with Gasteiger partial charge in [-0.2, -0.15) is 0 Å². The maximum absolute atomic E-state index is 8.25. The summed E-state index contributed by atoms with van der Waals surface area (Å²) in [4.78, 5) is 16.5. The maximum Gasteiger partial charge on any atom is 2.00 e. The van der Waals surface area contributed by atoms with Gasteiger partial charge in [0.1, 0.15) is 0 Å². The first-order valence-electron chi connectivity index (χ1n) is 1.10. The van der Waals surface area contributed by atoms with E-state index in [1.54, 1.807) is 0 Å². The number of rotatable bonds is 0. The summed E-state index contributed by atoms with van der Waals surface area (Å²) in [6.07, 6.45) is 0. The molecule has 10 heavy (non-hydrogen) atoms. The summed E-state index contributed by atoms with van der Waals surface area (Å²) >= 11 is 0. The quantitative estimate of drug-likeness (QED) is 0.323. The zero-order valence-electron chi connectivity index (χ0n) is 4.37. The fraction of sp³-hybridized carbons (Fsp3) is 0. The molecule has 10 heteroatoms. The molecule has 0 aromatic carbocycles. The summed E-state index contributed by atoms with van der Waals surface area (Å²) in [6, 6.07) is 0. The van der Waals surface area contributed by atoms with Crippen molar-refractivity contribution in [3.63, 3.8) is 0 Å². The van der Waals surface area contributed by atoms with E-state index in [0.717, 1.165) is 0 Å². The Labute approximate surface area is 77.1 Å². The third-order valence-corrected chi connectivity index (χ3v) is 0. The fourth-order valence-corrected chi connectivity index (χ4v) is 0. The normalized spacial score (nSPS) is 4.80. The first-order valence-corrected chi connectivity index (χ1v) is 1.10. The average molecular weight is 248 g/mol. The Kier molecular flexibility index (Phi) is 35.9. The first kappa shape index (κ1) is 22.7. The summed E-state index contributed by atoms with van der Waals surface area (Å²) in [5.41, 5.74) is 0. The molecule has 0 heterocycles. The average Bonchev–Trinajstić information content (AvgIpc) is 1.25. The smallest absolute Gasteiger partial charge is 0.356 e. The van der Waals surface area contributed by atoms with Crippen LogP contribution in [0.25, 0.3) is 0 Å². The molecule has 0 aromatic heterocycles. The third kappa shape index (κ3) is 1370. The molecule has 0 amide bonds. The van der Waals surface area contributed by atoms with Crippen molar-refractivity contribution in [2.75, 3.05) is 0 Å². The standard InChI is InChI=1S/2NO3.Ni.Zn/c2*2-1(3)4;;/q2*-1;+2;. The Morgan fingerprint density at radius 3 is 0.800 bits per heavy atom. The van der Waals surface area contributed by atoms with Gasteiger partial charge in [0.25, 0.3) is 0 Å². The van der Waals surface area contributed by atoms with E-state index in [1.165, 1.54) is 0 Å². The molecule has 0 N–H and O–H groups in total. The third-order valence-electron chi connectivity index (χ3n) is 0. The van der Waals surface area contributed by atoms with Crippen molar-refractivity contribution in [2.24, 2.45) is 0 Å². The van der Waals surface area contributed by atoms with E-state index in [2.05, 4.69) is 0 Å². The molecule has 0 atom stereocenters. The van der Waals surface area contributed by atoms with Crippen LogP contribution in [0.1, 0.15) is 0 Å². The van der Waals surface area contributed by atoms with Gasteiger partial charge < -0.3 is 30.6 Å². The summed E-state index contributed by atoms with van der Waals surface area (Å²) in [5.74, 6) is 0. The zero-order valence-corrected chi connectivity index (χ0v) is 8.32. The van der Waals surface area contributed by atoms with E-state index >= 15 is 0 Å². The molecule has 0 bridgehead atoms. The van der Waals surface area contributed by atoms with Crippen molar-refractivity contribution in [1.82, 2.24) is 0 Å². The van der Waals surface area contributed by atoms with Crippen molar-refractivity contribution >= 4 is 0 Å². The molecular formula is N2NiO6Zn. The topological polar surface area (TPSA) is 132 Å². The molecule has 0 aliphatic heterocycles. The van der Waals surface area contributed by atoms with E-state index in [0.29, 0.717) is 0 Å². The van der Waals surface area contributed by atoms with E-state index in [4.69, 9.17) is 30.6 Å². The minimum absolute atomic E-state index is 0. The molecule has 8 nitrogen and oxygen atoms in total. The molecule has 0 aliphatic rings. The molecule has 0 fully saturated rings. The summed E-state index contributed by atoms with van der Waals surface area (Å²) < 4.78 is 0. The van der Waals surface area contributed by atoms with E-state index in [-0.39, 0.29) is 36.0 Å². The maximum atomic E-state index is 8.25. The van der Waals surface area contributed by atoms with Crippen LogP contribution in [0.5, 0.6) is 0 Å². The zero-order chi connectivity index (χ0) is 7.15. The van der Waals surface area contributed by atoms with E-state index in [1.807, 2.05) is 0 Å². The van der Waals surface area contributed by atoms with Crippen LogP contribution in [-0.2, 0) is 36.0 Å². The minimum Gasteiger partial charge on any atom is -0.356 e. The monoisotopic (exact) mass is 246 g/mol. The van der Waals surface area contributed by atoms with Gasteiger partial charge in [-0.15, -0.1) is 0 Å². The SMILES string of the molecule is O=[N+]([O-])[O-].O=[N+]([O-])[O-].[Ni+2].[Zn]. The van der Waals surface area contributed by atoms with Gasteiger partial charge in [-0.05, 0) is 0 Å². The Bertz CT molecular complexity index is 73.7. The molecular weight excluding hydrogens is 248 g/mol. The molecule has 0 aliphatic carbocycles. The molecule has 58 valence electrons. The first-order chi connectivity index (χ1) is 3.46. The molecule has 0 rings (SSSR count). The largest absolute Gasteiger partial charge is 2.00 e. The van der Waals surface area contributed by atoms with Gasteiger partial charge in [-0.1, -0.05) is 0 Å². The van der Waals surface area contributed by atoms with Crippen molar-refractivity contribution in [2.45, 2.75) is 0 Å². The van der Waals surface area contributed by atoms with Crippen molar-refractivity contribution in [3.8, 4) is 0 Å². The molecule has 0 spiro atoms. The predicted molar refractivity (Wildman–Crippen MR) is 20.7 cm³/mol. The molecule has 0 saturated carbocycles. The van der Waals surface area contributed by atoms with Crippen molar-refractivity contribution in [1.29, 1.82) is 0 Å². The van der Waals surface area contributed by atoms with Crippen molar-refractivity contribution in [3.05, 3.63) is 30.6 Å². The number of hydrogen-bond acceptors (Lipinski definition) is 6. The van der Waals surface area contributed by atoms with Gasteiger partial charge in [-0.3, -0.25) is 0 Å². The van der Waals surface area contributed by atoms with Gasteiger partial charge >= 0.3 is 16.5 Å². The van der Waals surface area contributed by atoms with Crippen molar-refractivity contribution < 1.29 is 46.1 Å². The molecule has 0 unspecified atom stereocenters. The van der Waals surface area contributed by atoms with Crippen LogP contribution in [-0.4, -0.2) is 10.2 Å². The second-order valence-corrected chi connectivity index (χ2v) is 0.447. The molecule has 0 aromatic rings. The second-order valence-electron chi connectivity index (χ2n) is 0.447. The Morgan fingerprint density at radius 1 is 0.800 bits per heavy atom. The number of hydrogen-bond donors (Lipinski definition) is 0. The minimum atomic E-state index is -1.75. The Morgan fingerprint density at radius 2 is 0.800 bits per heavy atom. The Balaban J connectivity index is -0.0000000300. The van der Waals surface area contributed by atoms with Crippen LogP contribution >= 0.6 is 0 Å². The van der Waals surface area contributed by atoms with Crippen LogP contribution in [0.2, 0.25) is 0 Å². The van der Waals surface area contributed by atoms with Crippen LogP contribution in [0.4, 0.5) is 0 Å². The predicted octanol–water partition coefficient (Wildman–Crippen LogP) is -0.483. The summed E-state index contributed by atoms with van der Waals surface area (Å²) in [5, 5.41) is 29.5. The van der Waals surface area contributed by atoms with Gasteiger partial charge in [0.2, 0.25) is 0 Å². The van der Waals surface area contributed by atoms with E-state index in [9.17, 15) is 0 Å². The molecule has 0 radical (unpaired) electrons.